The number of carbonyl (C=O) groups is 3. The highest BCUT2D eigenvalue weighted by Crippen LogP contribution is 2.46. The third-order valence-corrected chi connectivity index (χ3v) is 13.0. The van der Waals surface area contributed by atoms with Crippen LogP contribution in [0.3, 0.4) is 0 Å². The topological polar surface area (TPSA) is 187 Å². The zero-order valence-electron chi connectivity index (χ0n) is 34.7. The molecule has 19 atom stereocenters. The Morgan fingerprint density at radius 3 is 2.13 bits per heavy atom. The molecule has 5 aliphatic rings. The molecule has 5 saturated heterocycles. The molecule has 0 aliphatic carbocycles. The highest BCUT2D eigenvalue weighted by molar-refractivity contribution is 5.73. The van der Waals surface area contributed by atoms with E-state index >= 15 is 0 Å². The third-order valence-electron chi connectivity index (χ3n) is 13.0. The number of likely N-dealkylation sites (N-methyl/N-ethyl adjacent to an activating group) is 1. The molecule has 5 rings (SSSR count). The van der Waals surface area contributed by atoms with Gasteiger partial charge in [-0.05, 0) is 80.8 Å². The first kappa shape index (κ1) is 43.8. The maximum Gasteiger partial charge on any atom is 0.509 e. The van der Waals surface area contributed by atoms with Crippen molar-refractivity contribution < 1.29 is 72.0 Å². The van der Waals surface area contributed by atoms with E-state index in [1.807, 2.05) is 46.7 Å². The van der Waals surface area contributed by atoms with Gasteiger partial charge in [0.25, 0.3) is 0 Å². The van der Waals surface area contributed by atoms with Crippen LogP contribution < -0.4 is 0 Å². The van der Waals surface area contributed by atoms with Crippen LogP contribution in [0.2, 0.25) is 0 Å². The number of aliphatic hydroxyl groups is 2. The first-order valence-corrected chi connectivity index (χ1v) is 19.8. The van der Waals surface area contributed by atoms with Crippen molar-refractivity contribution in [2.45, 2.75) is 185 Å². The van der Waals surface area contributed by atoms with Gasteiger partial charge in [0.2, 0.25) is 0 Å². The third kappa shape index (κ3) is 8.48. The van der Waals surface area contributed by atoms with Crippen LogP contribution in [-0.4, -0.2) is 145 Å². The van der Waals surface area contributed by atoms with Gasteiger partial charge in [0.15, 0.2) is 24.3 Å². The molecule has 2 bridgehead atoms. The largest absolute Gasteiger partial charge is 0.509 e. The lowest BCUT2D eigenvalue weighted by Gasteiger charge is -2.49. The molecule has 0 aromatic heterocycles. The number of hydrogen-bond acceptors (Lipinski definition) is 16. The summed E-state index contributed by atoms with van der Waals surface area (Å²) < 4.78 is 61.9. The molecule has 0 saturated carbocycles. The second kappa shape index (κ2) is 16.5. The molecule has 2 N–H and O–H groups in total. The highest BCUT2D eigenvalue weighted by Gasteiger charge is 2.61. The number of carbonyl (C=O) groups excluding carboxylic acids is 3. The summed E-state index contributed by atoms with van der Waals surface area (Å²) in [7, 11) is 5.24. The zero-order valence-corrected chi connectivity index (χ0v) is 34.7. The molecule has 5 heterocycles. The number of cyclic esters (lactones) is 1. The first-order chi connectivity index (χ1) is 25.6. The average Bonchev–Trinajstić information content (AvgIpc) is 3.36. The van der Waals surface area contributed by atoms with Gasteiger partial charge in [0.05, 0.1) is 29.8 Å². The summed E-state index contributed by atoms with van der Waals surface area (Å²) in [6.07, 6.45) is -10.8. The van der Waals surface area contributed by atoms with E-state index in [2.05, 4.69) is 0 Å². The maximum absolute atomic E-state index is 14.5. The fourth-order valence-corrected chi connectivity index (χ4v) is 9.82. The Labute approximate surface area is 325 Å². The molecule has 16 nitrogen and oxygen atoms in total. The van der Waals surface area contributed by atoms with Gasteiger partial charge >= 0.3 is 18.3 Å². The van der Waals surface area contributed by atoms with Crippen LogP contribution >= 0.6 is 0 Å². The van der Waals surface area contributed by atoms with Crippen molar-refractivity contribution in [2.75, 3.05) is 21.2 Å². The van der Waals surface area contributed by atoms with Gasteiger partial charge in [-0.15, -0.1) is 0 Å². The van der Waals surface area contributed by atoms with Crippen molar-refractivity contribution in [3.8, 4) is 0 Å². The Morgan fingerprint density at radius 1 is 0.855 bits per heavy atom. The van der Waals surface area contributed by atoms with Crippen LogP contribution in [0.5, 0.6) is 0 Å². The lowest BCUT2D eigenvalue weighted by Crippen LogP contribution is -2.61. The summed E-state index contributed by atoms with van der Waals surface area (Å²) >= 11 is 0. The minimum atomic E-state index is -1.45. The lowest BCUT2D eigenvalue weighted by atomic mass is 9.73. The van der Waals surface area contributed by atoms with E-state index in [0.29, 0.717) is 6.42 Å². The van der Waals surface area contributed by atoms with Gasteiger partial charge in [0, 0.05) is 31.4 Å². The van der Waals surface area contributed by atoms with E-state index in [9.17, 15) is 24.6 Å². The summed E-state index contributed by atoms with van der Waals surface area (Å²) in [4.78, 5) is 43.0. The van der Waals surface area contributed by atoms with Crippen LogP contribution in [0.25, 0.3) is 0 Å². The van der Waals surface area contributed by atoms with Gasteiger partial charge in [-0.25, -0.2) is 9.59 Å². The number of fused-ring (bicyclic) bond motifs is 4. The second-order valence-corrected chi connectivity index (χ2v) is 17.5. The molecule has 0 spiro atoms. The van der Waals surface area contributed by atoms with E-state index in [1.165, 1.54) is 7.11 Å². The molecule has 316 valence electrons. The fourth-order valence-electron chi connectivity index (χ4n) is 9.82. The Balaban J connectivity index is 1.65. The average molecular weight is 788 g/mol. The summed E-state index contributed by atoms with van der Waals surface area (Å²) in [5, 5.41) is 22.6. The normalized spacial score (nSPS) is 49.8. The minimum Gasteiger partial charge on any atom is -0.458 e. The Hall–Kier alpha value is -2.31. The molecular weight excluding hydrogens is 722 g/mol. The van der Waals surface area contributed by atoms with Crippen molar-refractivity contribution >= 4 is 18.3 Å². The van der Waals surface area contributed by atoms with Crippen molar-refractivity contribution in [2.24, 2.45) is 23.7 Å². The molecule has 0 amide bonds. The van der Waals surface area contributed by atoms with Crippen LogP contribution in [0.1, 0.15) is 94.9 Å². The molecule has 16 heteroatoms. The van der Waals surface area contributed by atoms with Gasteiger partial charge < -0.3 is 62.5 Å². The van der Waals surface area contributed by atoms with Crippen LogP contribution in [0.4, 0.5) is 9.59 Å². The smallest absolute Gasteiger partial charge is 0.458 e. The van der Waals surface area contributed by atoms with Gasteiger partial charge in [-0.3, -0.25) is 4.79 Å². The summed E-state index contributed by atoms with van der Waals surface area (Å²) in [6, 6.07) is -0.313. The monoisotopic (exact) mass is 787 g/mol. The predicted octanol–water partition coefficient (Wildman–Crippen LogP) is 3.94. The van der Waals surface area contributed by atoms with Crippen molar-refractivity contribution in [1.29, 1.82) is 0 Å². The number of nitrogens with zero attached hydrogens (tertiary/aromatic N) is 1. The van der Waals surface area contributed by atoms with Crippen LogP contribution in [0, 0.1) is 23.7 Å². The van der Waals surface area contributed by atoms with Crippen molar-refractivity contribution in [1.82, 2.24) is 4.90 Å². The molecular formula is C39H65NO15. The molecule has 0 radical (unpaired) electrons. The Morgan fingerprint density at radius 2 is 1.51 bits per heavy atom. The quantitative estimate of drug-likeness (QED) is 0.279. The van der Waals surface area contributed by atoms with Crippen molar-refractivity contribution in [3.63, 3.8) is 0 Å². The van der Waals surface area contributed by atoms with Gasteiger partial charge in [-0.1, -0.05) is 27.7 Å². The number of rotatable bonds is 7. The van der Waals surface area contributed by atoms with Crippen molar-refractivity contribution in [3.05, 3.63) is 0 Å². The van der Waals surface area contributed by atoms with Crippen LogP contribution in [0.15, 0.2) is 0 Å². The minimum absolute atomic E-state index is 0.110. The fraction of sp³-hybridized carbons (Fsp3) is 0.923. The number of ether oxygens (including phenoxy) is 10. The molecule has 5 fully saturated rings. The molecule has 0 aromatic carbocycles. The standard InChI is InChI=1S/C39H65NO15/c1-14-25-39(10)32(53-36(45)55-39)20(4)28-18(2)16-38(9,54-35(44)51-28)31(52-34-27(41)24(40(11)12)15-19(3)47-34)21(5)29(22(6)33(43)49-25)50-26-17-37(8,46-13)30(42)23(7)48-26/h18-32,34,41-42H,14-17H2,1-13H3/t18-,19-,20+,21+,22-,23+,24+,25-,26+,27-,28+,29+,30+,31-,32-,34+,37-,38-,39-/m1/s1. The lowest BCUT2D eigenvalue weighted by molar-refractivity contribution is -0.317. The van der Waals surface area contributed by atoms with E-state index < -0.39 is 120 Å². The van der Waals surface area contributed by atoms with E-state index in [0.717, 1.165) is 0 Å². The molecule has 0 unspecified atom stereocenters. The SMILES string of the molecule is CC[C@H]1OC(=O)[C@H](C)[C@@H](O[C@H]2C[C@@](C)(OC)[C@@H](O)[C@H](C)O2)[C@H](C)[C@@H](O[C@@H]2O[C@H](C)C[C@H](N(C)C)[C@H]2O)[C@@]2(C)C[C@@H](C)[C@H](OC(=O)O2)[C@H](C)[C@H]2OC(=O)O[C@@]21C. The second-order valence-electron chi connectivity index (χ2n) is 17.5. The zero-order chi connectivity index (χ0) is 40.9. The number of hydrogen-bond donors (Lipinski definition) is 2. The summed E-state index contributed by atoms with van der Waals surface area (Å²) in [5.41, 5.74) is -3.94. The molecule has 55 heavy (non-hydrogen) atoms. The van der Waals surface area contributed by atoms with E-state index in [4.69, 9.17) is 47.4 Å². The summed E-state index contributed by atoms with van der Waals surface area (Å²) in [5.74, 6) is -3.48. The van der Waals surface area contributed by atoms with E-state index in [1.54, 1.807) is 41.5 Å². The van der Waals surface area contributed by atoms with Crippen LogP contribution in [-0.2, 0) is 52.2 Å². The Bertz CT molecular complexity index is 1380. The highest BCUT2D eigenvalue weighted by atomic mass is 16.8. The number of methoxy groups -OCH3 is 1. The van der Waals surface area contributed by atoms with E-state index in [-0.39, 0.29) is 31.4 Å². The predicted molar refractivity (Wildman–Crippen MR) is 194 cm³/mol. The maximum atomic E-state index is 14.5. The van der Waals surface area contributed by atoms with Gasteiger partial charge in [0.1, 0.15) is 36.1 Å². The Kier molecular flexibility index (Phi) is 13.2. The van der Waals surface area contributed by atoms with Gasteiger partial charge in [-0.2, -0.15) is 0 Å². The molecule has 5 aliphatic heterocycles. The summed E-state index contributed by atoms with van der Waals surface area (Å²) in [6.45, 7) is 17.8. The first-order valence-electron chi connectivity index (χ1n) is 19.8. The number of aliphatic hydroxyl groups excluding tert-OH is 2. The number of esters is 1. The molecule has 0 aromatic rings.